The quantitative estimate of drug-likeness (QED) is 0.654. The van der Waals surface area contributed by atoms with Gasteiger partial charge in [0.25, 0.3) is 0 Å². The van der Waals surface area contributed by atoms with Crippen molar-refractivity contribution in [1.82, 2.24) is 15.2 Å². The fourth-order valence-corrected chi connectivity index (χ4v) is 4.08. The van der Waals surface area contributed by atoms with E-state index in [-0.39, 0.29) is 18.0 Å². The molecule has 1 saturated carbocycles. The first-order valence-electron chi connectivity index (χ1n) is 10.2. The number of hydrogen-bond acceptors (Lipinski definition) is 5. The number of urea groups is 1. The molecule has 2 unspecified atom stereocenters. The standard InChI is InChI=1S/C22H27ClN4O3/c1-30-17-6-7-19(24-12-17)18-13-27(14-22(29)9-10-22)11-8-20(18)26-21(28)25-16-4-2-15(23)3-5-16/h2-7,12,18,20,29H,8-11,13-14H2,1H3,(H2,25,26,28). The van der Waals surface area contributed by atoms with Crippen LogP contribution in [-0.2, 0) is 0 Å². The van der Waals surface area contributed by atoms with Gasteiger partial charge >= 0.3 is 6.03 Å². The summed E-state index contributed by atoms with van der Waals surface area (Å²) in [5, 5.41) is 16.9. The molecule has 2 fully saturated rings. The van der Waals surface area contributed by atoms with Crippen LogP contribution in [0.4, 0.5) is 10.5 Å². The molecule has 2 heterocycles. The Labute approximate surface area is 181 Å². The molecule has 3 N–H and O–H groups in total. The molecular formula is C22H27ClN4O3. The zero-order chi connectivity index (χ0) is 21.1. The van der Waals surface area contributed by atoms with E-state index in [4.69, 9.17) is 16.3 Å². The summed E-state index contributed by atoms with van der Waals surface area (Å²) in [5.41, 5.74) is 1.05. The van der Waals surface area contributed by atoms with E-state index in [0.717, 1.165) is 38.0 Å². The number of aromatic nitrogens is 1. The fraction of sp³-hybridized carbons (Fsp3) is 0.455. The molecule has 2 atom stereocenters. The van der Waals surface area contributed by atoms with Crippen LogP contribution in [0.5, 0.6) is 5.75 Å². The number of hydrogen-bond donors (Lipinski definition) is 3. The number of nitrogens with one attached hydrogen (secondary N) is 2. The van der Waals surface area contributed by atoms with Crippen molar-refractivity contribution in [2.75, 3.05) is 32.1 Å². The molecule has 160 valence electrons. The SMILES string of the molecule is COc1ccc(C2CN(CC3(O)CC3)CCC2NC(=O)Nc2ccc(Cl)cc2)nc1. The number of anilines is 1. The number of likely N-dealkylation sites (tertiary alicyclic amines) is 1. The van der Waals surface area contributed by atoms with Crippen molar-refractivity contribution in [3.8, 4) is 5.75 Å². The summed E-state index contributed by atoms with van der Waals surface area (Å²) < 4.78 is 5.22. The van der Waals surface area contributed by atoms with Gasteiger partial charge in [0, 0.05) is 48.0 Å². The minimum atomic E-state index is -0.538. The third kappa shape index (κ3) is 5.22. The van der Waals surface area contributed by atoms with Gasteiger partial charge in [-0.15, -0.1) is 0 Å². The summed E-state index contributed by atoms with van der Waals surface area (Å²) in [6, 6.07) is 10.5. The van der Waals surface area contributed by atoms with Gasteiger partial charge in [-0.3, -0.25) is 9.88 Å². The van der Waals surface area contributed by atoms with Gasteiger partial charge in [-0.1, -0.05) is 11.6 Å². The maximum Gasteiger partial charge on any atom is 0.319 e. The lowest BCUT2D eigenvalue weighted by Crippen LogP contribution is -2.52. The maximum atomic E-state index is 12.6. The molecule has 1 aromatic carbocycles. The summed E-state index contributed by atoms with van der Waals surface area (Å²) in [4.78, 5) is 19.5. The van der Waals surface area contributed by atoms with Crippen LogP contribution in [0.3, 0.4) is 0 Å². The summed E-state index contributed by atoms with van der Waals surface area (Å²) >= 11 is 5.91. The third-order valence-electron chi connectivity index (χ3n) is 5.84. The van der Waals surface area contributed by atoms with Gasteiger partial charge in [0.15, 0.2) is 0 Å². The number of halogens is 1. The molecule has 2 aromatic rings. The number of nitrogens with zero attached hydrogens (tertiary/aromatic N) is 2. The number of piperidine rings is 1. The number of rotatable bonds is 6. The number of methoxy groups -OCH3 is 1. The van der Waals surface area contributed by atoms with Crippen LogP contribution in [0.25, 0.3) is 0 Å². The molecule has 0 bridgehead atoms. The van der Waals surface area contributed by atoms with Crippen molar-refractivity contribution in [3.05, 3.63) is 53.3 Å². The second-order valence-corrected chi connectivity index (χ2v) is 8.63. The lowest BCUT2D eigenvalue weighted by Gasteiger charge is -2.39. The van der Waals surface area contributed by atoms with Crippen molar-refractivity contribution in [2.45, 2.75) is 36.8 Å². The monoisotopic (exact) mass is 430 g/mol. The van der Waals surface area contributed by atoms with E-state index in [0.29, 0.717) is 23.0 Å². The van der Waals surface area contributed by atoms with Gasteiger partial charge in [0.2, 0.25) is 0 Å². The van der Waals surface area contributed by atoms with Gasteiger partial charge in [-0.25, -0.2) is 4.79 Å². The Morgan fingerprint density at radius 2 is 2.07 bits per heavy atom. The summed E-state index contributed by atoms with van der Waals surface area (Å²) in [6.45, 7) is 2.22. The van der Waals surface area contributed by atoms with E-state index in [1.165, 1.54) is 0 Å². The molecule has 2 aliphatic rings. The minimum Gasteiger partial charge on any atom is -0.495 e. The molecule has 0 spiro atoms. The summed E-state index contributed by atoms with van der Waals surface area (Å²) in [7, 11) is 1.61. The first-order chi connectivity index (χ1) is 14.4. The molecular weight excluding hydrogens is 404 g/mol. The molecule has 1 saturated heterocycles. The zero-order valence-electron chi connectivity index (χ0n) is 17.0. The average Bonchev–Trinajstić information content (AvgIpc) is 3.47. The van der Waals surface area contributed by atoms with Crippen molar-refractivity contribution in [1.29, 1.82) is 0 Å². The average molecular weight is 431 g/mol. The highest BCUT2D eigenvalue weighted by Crippen LogP contribution is 2.37. The molecule has 2 amide bonds. The molecule has 30 heavy (non-hydrogen) atoms. The van der Waals surface area contributed by atoms with Crippen LogP contribution in [0.1, 0.15) is 30.9 Å². The van der Waals surface area contributed by atoms with Gasteiger partial charge in [0.1, 0.15) is 5.75 Å². The van der Waals surface area contributed by atoms with Crippen LogP contribution >= 0.6 is 11.6 Å². The topological polar surface area (TPSA) is 86.7 Å². The van der Waals surface area contributed by atoms with Crippen molar-refractivity contribution in [3.63, 3.8) is 0 Å². The lowest BCUT2D eigenvalue weighted by atomic mass is 9.88. The highest BCUT2D eigenvalue weighted by atomic mass is 35.5. The number of pyridine rings is 1. The van der Waals surface area contributed by atoms with Crippen LogP contribution in [0, 0.1) is 0 Å². The second-order valence-electron chi connectivity index (χ2n) is 8.19. The highest BCUT2D eigenvalue weighted by molar-refractivity contribution is 6.30. The fourth-order valence-electron chi connectivity index (χ4n) is 3.95. The Balaban J connectivity index is 1.45. The molecule has 1 aliphatic carbocycles. The summed E-state index contributed by atoms with van der Waals surface area (Å²) in [6.07, 6.45) is 4.20. The largest absolute Gasteiger partial charge is 0.495 e. The number of carbonyl (C=O) groups is 1. The van der Waals surface area contributed by atoms with Crippen LogP contribution in [0.15, 0.2) is 42.6 Å². The molecule has 1 aliphatic heterocycles. The number of carbonyl (C=O) groups excluding carboxylic acids is 1. The second kappa shape index (κ2) is 8.79. The van der Waals surface area contributed by atoms with E-state index in [1.807, 2.05) is 12.1 Å². The smallest absolute Gasteiger partial charge is 0.319 e. The van der Waals surface area contributed by atoms with Crippen LogP contribution in [0.2, 0.25) is 5.02 Å². The maximum absolute atomic E-state index is 12.6. The van der Waals surface area contributed by atoms with Crippen LogP contribution < -0.4 is 15.4 Å². The van der Waals surface area contributed by atoms with E-state index in [2.05, 4.69) is 20.5 Å². The molecule has 4 rings (SSSR count). The van der Waals surface area contributed by atoms with Gasteiger partial charge < -0.3 is 20.5 Å². The van der Waals surface area contributed by atoms with Crippen molar-refractivity contribution < 1.29 is 14.6 Å². The Bertz CT molecular complexity index is 871. The van der Waals surface area contributed by atoms with Crippen molar-refractivity contribution >= 4 is 23.3 Å². The number of aliphatic hydroxyl groups is 1. The van der Waals surface area contributed by atoms with Crippen LogP contribution in [-0.4, -0.2) is 59.4 Å². The molecule has 7 nitrogen and oxygen atoms in total. The molecule has 1 aromatic heterocycles. The van der Waals surface area contributed by atoms with E-state index < -0.39 is 5.60 Å². The normalized spacial score (nSPS) is 22.9. The molecule has 0 radical (unpaired) electrons. The number of benzene rings is 1. The number of β-amino-alcohol motifs (C(OH)–C–C–N with tert-alkyl or cyclic N) is 1. The Morgan fingerprint density at radius 3 is 2.70 bits per heavy atom. The van der Waals surface area contributed by atoms with Gasteiger partial charge in [0.05, 0.1) is 18.9 Å². The van der Waals surface area contributed by atoms with Gasteiger partial charge in [-0.05, 0) is 55.7 Å². The third-order valence-corrected chi connectivity index (χ3v) is 6.09. The predicted octanol–water partition coefficient (Wildman–Crippen LogP) is 3.25. The van der Waals surface area contributed by atoms with E-state index in [1.54, 1.807) is 37.6 Å². The molecule has 8 heteroatoms. The van der Waals surface area contributed by atoms with E-state index in [9.17, 15) is 9.90 Å². The predicted molar refractivity (Wildman–Crippen MR) is 116 cm³/mol. The number of amides is 2. The van der Waals surface area contributed by atoms with Gasteiger partial charge in [-0.2, -0.15) is 0 Å². The zero-order valence-corrected chi connectivity index (χ0v) is 17.7. The van der Waals surface area contributed by atoms with E-state index >= 15 is 0 Å². The van der Waals surface area contributed by atoms with Crippen molar-refractivity contribution in [2.24, 2.45) is 0 Å². The summed E-state index contributed by atoms with van der Waals surface area (Å²) in [5.74, 6) is 0.715. The highest BCUT2D eigenvalue weighted by Gasteiger charge is 2.43. The first kappa shape index (κ1) is 20.9. The number of ether oxygens (including phenoxy) is 1. The lowest BCUT2D eigenvalue weighted by molar-refractivity contribution is 0.0702. The Kier molecular flexibility index (Phi) is 6.13. The Hall–Kier alpha value is -2.35. The minimum absolute atomic E-state index is 0.0166. The Morgan fingerprint density at radius 1 is 1.30 bits per heavy atom. The first-order valence-corrected chi connectivity index (χ1v) is 10.6.